The van der Waals surface area contributed by atoms with Crippen LogP contribution >= 0.6 is 17.0 Å². The summed E-state index contributed by atoms with van der Waals surface area (Å²) in [4.78, 5) is 14.5. The maximum Gasteiger partial charge on any atom is 0.355 e. The summed E-state index contributed by atoms with van der Waals surface area (Å²) in [6.45, 7) is 0. The van der Waals surface area contributed by atoms with Crippen molar-refractivity contribution in [2.24, 2.45) is 0 Å². The minimum atomic E-state index is -1.07. The van der Waals surface area contributed by atoms with Gasteiger partial charge in [-0.15, -0.1) is 17.0 Å². The van der Waals surface area contributed by atoms with Crippen LogP contribution in [0.25, 0.3) is 10.8 Å². The summed E-state index contributed by atoms with van der Waals surface area (Å²) >= 11 is 0. The Morgan fingerprint density at radius 2 is 2.00 bits per heavy atom. The van der Waals surface area contributed by atoms with Crippen molar-refractivity contribution in [1.29, 1.82) is 0 Å². The first kappa shape index (κ1) is 11.5. The molecule has 1 heterocycles. The van der Waals surface area contributed by atoms with Gasteiger partial charge in [-0.05, 0) is 29.7 Å². The number of aromatic carboxylic acids is 1. The van der Waals surface area contributed by atoms with Gasteiger partial charge >= 0.3 is 5.97 Å². The highest BCUT2D eigenvalue weighted by molar-refractivity contribution is 8.93. The van der Waals surface area contributed by atoms with Crippen LogP contribution in [0, 0.1) is 0 Å². The highest BCUT2D eigenvalue weighted by Crippen LogP contribution is 2.21. The molecule has 2 rings (SSSR count). The Morgan fingerprint density at radius 1 is 1.27 bits per heavy atom. The molecule has 0 saturated heterocycles. The van der Waals surface area contributed by atoms with E-state index in [1.807, 2.05) is 0 Å². The molecule has 0 atom stereocenters. The number of carbonyl (C=O) groups is 1. The van der Waals surface area contributed by atoms with Gasteiger partial charge in [0, 0.05) is 11.6 Å². The van der Waals surface area contributed by atoms with E-state index in [0.29, 0.717) is 10.8 Å². The van der Waals surface area contributed by atoms with Gasteiger partial charge in [0.25, 0.3) is 0 Å². The van der Waals surface area contributed by atoms with Crippen LogP contribution in [0.2, 0.25) is 0 Å². The number of hydrogen-bond acceptors (Lipinski definition) is 3. The first-order valence-corrected chi connectivity index (χ1v) is 3.99. The topological polar surface area (TPSA) is 70.4 Å². The molecule has 0 saturated carbocycles. The van der Waals surface area contributed by atoms with E-state index in [0.717, 1.165) is 0 Å². The van der Waals surface area contributed by atoms with Crippen LogP contribution in [-0.2, 0) is 0 Å². The second kappa shape index (κ2) is 4.27. The van der Waals surface area contributed by atoms with Crippen molar-refractivity contribution in [3.8, 4) is 5.75 Å². The summed E-state index contributed by atoms with van der Waals surface area (Å²) in [6, 6.07) is 6.14. The first-order chi connectivity index (χ1) is 6.68. The van der Waals surface area contributed by atoms with Crippen LogP contribution in [0.15, 0.2) is 30.5 Å². The number of phenols is 1. The predicted octanol–water partition coefficient (Wildman–Crippen LogP) is 2.22. The predicted molar refractivity (Wildman–Crippen MR) is 60.7 cm³/mol. The Bertz CT molecular complexity index is 513. The molecule has 0 bridgehead atoms. The monoisotopic (exact) mass is 269 g/mol. The van der Waals surface area contributed by atoms with Crippen molar-refractivity contribution >= 4 is 33.7 Å². The summed E-state index contributed by atoms with van der Waals surface area (Å²) in [7, 11) is 0. The number of aromatic nitrogens is 1. The van der Waals surface area contributed by atoms with E-state index in [1.165, 1.54) is 18.3 Å². The number of aromatic hydroxyl groups is 1. The zero-order chi connectivity index (χ0) is 10.1. The Kier molecular flexibility index (Phi) is 3.26. The maximum atomic E-state index is 10.8. The molecule has 1 aromatic carbocycles. The highest BCUT2D eigenvalue weighted by Gasteiger charge is 2.09. The fraction of sp³-hybridized carbons (Fsp3) is 0. The van der Waals surface area contributed by atoms with Gasteiger partial charge < -0.3 is 10.2 Å². The molecular weight excluding hydrogens is 262 g/mol. The van der Waals surface area contributed by atoms with E-state index in [2.05, 4.69) is 4.98 Å². The SMILES string of the molecule is Br.O=C(O)c1nccc2cc(O)ccc12. The third-order valence-electron chi connectivity index (χ3n) is 1.95. The van der Waals surface area contributed by atoms with E-state index in [1.54, 1.807) is 12.1 Å². The molecule has 15 heavy (non-hydrogen) atoms. The number of pyridine rings is 1. The van der Waals surface area contributed by atoms with Gasteiger partial charge in [-0.2, -0.15) is 0 Å². The average molecular weight is 270 g/mol. The third-order valence-corrected chi connectivity index (χ3v) is 1.95. The second-order valence-electron chi connectivity index (χ2n) is 2.87. The minimum Gasteiger partial charge on any atom is -0.508 e. The molecule has 0 aliphatic rings. The van der Waals surface area contributed by atoms with Gasteiger partial charge in [0.05, 0.1) is 0 Å². The van der Waals surface area contributed by atoms with E-state index < -0.39 is 5.97 Å². The molecule has 0 aliphatic carbocycles. The van der Waals surface area contributed by atoms with Crippen LogP contribution < -0.4 is 0 Å². The molecule has 0 unspecified atom stereocenters. The van der Waals surface area contributed by atoms with Crippen molar-refractivity contribution in [3.63, 3.8) is 0 Å². The van der Waals surface area contributed by atoms with Gasteiger partial charge in [-0.3, -0.25) is 0 Å². The summed E-state index contributed by atoms with van der Waals surface area (Å²) in [5.41, 5.74) is 0.00231. The Hall–Kier alpha value is -1.62. The third kappa shape index (κ3) is 2.07. The lowest BCUT2D eigenvalue weighted by molar-refractivity contribution is 0.0693. The summed E-state index contributed by atoms with van der Waals surface area (Å²) in [5.74, 6) is -0.957. The molecule has 0 spiro atoms. The summed E-state index contributed by atoms with van der Waals surface area (Å²) in [5, 5.41) is 19.2. The molecular formula is C10H8BrNO3. The summed E-state index contributed by atoms with van der Waals surface area (Å²) in [6.07, 6.45) is 1.41. The van der Waals surface area contributed by atoms with Crippen LogP contribution in [0.3, 0.4) is 0 Å². The Balaban J connectivity index is 0.00000112. The lowest BCUT2D eigenvalue weighted by Crippen LogP contribution is -2.00. The smallest absolute Gasteiger partial charge is 0.355 e. The van der Waals surface area contributed by atoms with E-state index in [4.69, 9.17) is 5.11 Å². The quantitative estimate of drug-likeness (QED) is 0.833. The number of phenolic OH excluding ortho intramolecular Hbond substituents is 1. The number of hydrogen-bond donors (Lipinski definition) is 2. The molecule has 0 amide bonds. The molecule has 4 nitrogen and oxygen atoms in total. The van der Waals surface area contributed by atoms with Gasteiger partial charge in [0.1, 0.15) is 5.75 Å². The molecule has 0 radical (unpaired) electrons. The molecule has 2 aromatic rings. The van der Waals surface area contributed by atoms with E-state index in [9.17, 15) is 9.90 Å². The standard InChI is InChI=1S/C10H7NO3.BrH/c12-7-1-2-8-6(5-7)3-4-11-9(8)10(13)14;/h1-5,12H,(H,13,14);1H. The van der Waals surface area contributed by atoms with Gasteiger partial charge in [0.15, 0.2) is 5.69 Å². The van der Waals surface area contributed by atoms with Gasteiger partial charge in [-0.25, -0.2) is 9.78 Å². The van der Waals surface area contributed by atoms with Crippen molar-refractivity contribution in [1.82, 2.24) is 4.98 Å². The second-order valence-corrected chi connectivity index (χ2v) is 2.87. The zero-order valence-electron chi connectivity index (χ0n) is 7.54. The molecule has 5 heteroatoms. The number of fused-ring (bicyclic) bond motifs is 1. The molecule has 78 valence electrons. The van der Waals surface area contributed by atoms with Crippen molar-refractivity contribution in [3.05, 3.63) is 36.2 Å². The molecule has 0 fully saturated rings. The first-order valence-electron chi connectivity index (χ1n) is 3.99. The number of carboxylic acid groups (broad SMARTS) is 1. The Morgan fingerprint density at radius 3 is 2.67 bits per heavy atom. The number of benzene rings is 1. The number of rotatable bonds is 1. The van der Waals surface area contributed by atoms with Gasteiger partial charge in [0.2, 0.25) is 0 Å². The largest absolute Gasteiger partial charge is 0.508 e. The van der Waals surface area contributed by atoms with Crippen LogP contribution in [-0.4, -0.2) is 21.2 Å². The fourth-order valence-electron chi connectivity index (χ4n) is 1.34. The van der Waals surface area contributed by atoms with Gasteiger partial charge in [-0.1, -0.05) is 0 Å². The van der Waals surface area contributed by atoms with Crippen LogP contribution in [0.5, 0.6) is 5.75 Å². The van der Waals surface area contributed by atoms with Crippen LogP contribution in [0.1, 0.15) is 10.5 Å². The van der Waals surface area contributed by atoms with Crippen LogP contribution in [0.4, 0.5) is 0 Å². The lowest BCUT2D eigenvalue weighted by Gasteiger charge is -2.01. The highest BCUT2D eigenvalue weighted by atomic mass is 79.9. The van der Waals surface area contributed by atoms with E-state index >= 15 is 0 Å². The minimum absolute atomic E-state index is 0. The van der Waals surface area contributed by atoms with Crippen molar-refractivity contribution in [2.75, 3.05) is 0 Å². The molecule has 2 N–H and O–H groups in total. The normalized spacial score (nSPS) is 9.60. The average Bonchev–Trinajstić information content (AvgIpc) is 2.16. The number of carboxylic acids is 1. The summed E-state index contributed by atoms with van der Waals surface area (Å²) < 4.78 is 0. The van der Waals surface area contributed by atoms with Crippen molar-refractivity contribution in [2.45, 2.75) is 0 Å². The maximum absolute atomic E-state index is 10.8. The fourth-order valence-corrected chi connectivity index (χ4v) is 1.34. The molecule has 1 aromatic heterocycles. The zero-order valence-corrected chi connectivity index (χ0v) is 9.26. The van der Waals surface area contributed by atoms with Crippen molar-refractivity contribution < 1.29 is 15.0 Å². The lowest BCUT2D eigenvalue weighted by atomic mass is 10.1. The van der Waals surface area contributed by atoms with E-state index in [-0.39, 0.29) is 28.4 Å². The molecule has 0 aliphatic heterocycles. The number of nitrogens with zero attached hydrogens (tertiary/aromatic N) is 1. The number of halogens is 1. The Labute approximate surface area is 96.0 Å².